The first kappa shape index (κ1) is 16.2. The lowest BCUT2D eigenvalue weighted by molar-refractivity contribution is -0.116. The average Bonchev–Trinajstić information content (AvgIpc) is 2.45. The number of hydrogen-bond donors (Lipinski definition) is 2. The molecule has 108 valence electrons. The number of unbranched alkanes of at least 4 members (excludes halogenated alkanes) is 4. The van der Waals surface area contributed by atoms with E-state index in [4.69, 9.17) is 5.11 Å². The third-order valence-corrected chi connectivity index (χ3v) is 2.85. The summed E-state index contributed by atoms with van der Waals surface area (Å²) in [5.41, 5.74) is 0.729. The Hall–Kier alpha value is -1.86. The van der Waals surface area contributed by atoms with Crippen LogP contribution in [0.1, 0.15) is 51.0 Å². The number of carbonyl (C=O) groups excluding carboxylic acids is 1. The largest absolute Gasteiger partial charge is 0.384 e. The lowest BCUT2D eigenvalue weighted by Crippen LogP contribution is -2.12. The minimum Gasteiger partial charge on any atom is -0.384 e. The molecule has 0 unspecified atom stereocenters. The quantitative estimate of drug-likeness (QED) is 0.593. The summed E-state index contributed by atoms with van der Waals surface area (Å²) in [6.45, 7) is 1.99. The topological polar surface area (TPSA) is 62.2 Å². The van der Waals surface area contributed by atoms with E-state index in [1.807, 2.05) is 0 Å². The number of nitrogens with one attached hydrogen (secondary N) is 1. The van der Waals surface area contributed by atoms with Crippen molar-refractivity contribution in [3.63, 3.8) is 0 Å². The van der Waals surface area contributed by atoms with Crippen LogP contribution in [0.25, 0.3) is 0 Å². The van der Waals surface area contributed by atoms with Crippen molar-refractivity contribution < 1.29 is 9.90 Å². The maximum Gasteiger partial charge on any atom is 0.225 e. The maximum atomic E-state index is 11.7. The third-order valence-electron chi connectivity index (χ3n) is 2.85. The standard InChI is InChI=1S/C16H22N2O2/c1-2-3-4-5-6-9-16(20)18-15-13-14(8-7-12-19)10-11-17-15/h10-11,13,19H,2-6,9,12H2,1H3,(H,17,18,20). The van der Waals surface area contributed by atoms with Crippen molar-refractivity contribution in [3.8, 4) is 11.8 Å². The van der Waals surface area contributed by atoms with E-state index in [9.17, 15) is 4.79 Å². The SMILES string of the molecule is CCCCCCCC(=O)Nc1cc(C#CCO)ccn1. The van der Waals surface area contributed by atoms with Gasteiger partial charge in [-0.1, -0.05) is 44.4 Å². The van der Waals surface area contributed by atoms with Crippen molar-refractivity contribution in [1.82, 2.24) is 4.98 Å². The first-order valence-electron chi connectivity index (χ1n) is 7.12. The number of nitrogens with zero attached hydrogens (tertiary/aromatic N) is 1. The van der Waals surface area contributed by atoms with Gasteiger partial charge in [0, 0.05) is 18.2 Å². The Bertz CT molecular complexity index is 475. The van der Waals surface area contributed by atoms with Crippen molar-refractivity contribution in [1.29, 1.82) is 0 Å². The van der Waals surface area contributed by atoms with Crippen molar-refractivity contribution >= 4 is 11.7 Å². The van der Waals surface area contributed by atoms with Crippen LogP contribution in [-0.2, 0) is 4.79 Å². The van der Waals surface area contributed by atoms with Crippen LogP contribution in [0.2, 0.25) is 0 Å². The predicted octanol–water partition coefficient (Wildman–Crippen LogP) is 2.72. The van der Waals surface area contributed by atoms with E-state index in [2.05, 4.69) is 29.1 Å². The maximum absolute atomic E-state index is 11.7. The summed E-state index contributed by atoms with van der Waals surface area (Å²) in [5, 5.41) is 11.4. The number of carbonyl (C=O) groups is 1. The lowest BCUT2D eigenvalue weighted by Gasteiger charge is -2.04. The summed E-state index contributed by atoms with van der Waals surface area (Å²) < 4.78 is 0. The van der Waals surface area contributed by atoms with Crippen LogP contribution in [0.3, 0.4) is 0 Å². The van der Waals surface area contributed by atoms with E-state index < -0.39 is 0 Å². The highest BCUT2D eigenvalue weighted by atomic mass is 16.2. The molecule has 0 radical (unpaired) electrons. The number of anilines is 1. The average molecular weight is 274 g/mol. The molecule has 2 N–H and O–H groups in total. The van der Waals surface area contributed by atoms with Crippen LogP contribution < -0.4 is 5.32 Å². The number of hydrogen-bond acceptors (Lipinski definition) is 3. The highest BCUT2D eigenvalue weighted by molar-refractivity contribution is 5.89. The monoisotopic (exact) mass is 274 g/mol. The molecule has 0 bridgehead atoms. The number of aliphatic hydroxyl groups excluding tert-OH is 1. The molecular formula is C16H22N2O2. The van der Waals surface area contributed by atoms with Gasteiger partial charge in [-0.05, 0) is 18.6 Å². The van der Waals surface area contributed by atoms with E-state index >= 15 is 0 Å². The molecule has 0 spiro atoms. The van der Waals surface area contributed by atoms with Crippen LogP contribution in [-0.4, -0.2) is 22.6 Å². The van der Waals surface area contributed by atoms with Crippen LogP contribution in [0, 0.1) is 11.8 Å². The Morgan fingerprint density at radius 1 is 1.35 bits per heavy atom. The third kappa shape index (κ3) is 6.91. The molecular weight excluding hydrogens is 252 g/mol. The second kappa shape index (κ2) is 9.99. The molecule has 1 aromatic rings. The molecule has 0 atom stereocenters. The van der Waals surface area contributed by atoms with Crippen LogP contribution in [0.15, 0.2) is 18.3 Å². The second-order valence-electron chi connectivity index (χ2n) is 4.60. The zero-order chi connectivity index (χ0) is 14.6. The number of pyridine rings is 1. The lowest BCUT2D eigenvalue weighted by atomic mass is 10.1. The minimum absolute atomic E-state index is 0.0127. The van der Waals surface area contributed by atoms with E-state index in [1.54, 1.807) is 18.3 Å². The summed E-state index contributed by atoms with van der Waals surface area (Å²) >= 11 is 0. The molecule has 4 nitrogen and oxygen atoms in total. The molecule has 0 aliphatic heterocycles. The van der Waals surface area contributed by atoms with E-state index in [1.165, 1.54) is 19.3 Å². The van der Waals surface area contributed by atoms with Gasteiger partial charge >= 0.3 is 0 Å². The smallest absolute Gasteiger partial charge is 0.225 e. The molecule has 1 rings (SSSR count). The van der Waals surface area contributed by atoms with Crippen molar-refractivity contribution in [2.24, 2.45) is 0 Å². The summed E-state index contributed by atoms with van der Waals surface area (Å²) in [7, 11) is 0. The number of rotatable bonds is 7. The van der Waals surface area contributed by atoms with Gasteiger partial charge in [0.25, 0.3) is 0 Å². The van der Waals surface area contributed by atoms with Gasteiger partial charge < -0.3 is 10.4 Å². The van der Waals surface area contributed by atoms with Crippen molar-refractivity contribution in [2.75, 3.05) is 11.9 Å². The minimum atomic E-state index is -0.179. The Morgan fingerprint density at radius 2 is 2.15 bits per heavy atom. The molecule has 1 aromatic heterocycles. The summed E-state index contributed by atoms with van der Waals surface area (Å²) in [4.78, 5) is 15.8. The van der Waals surface area contributed by atoms with Gasteiger partial charge in [0.2, 0.25) is 5.91 Å². The fourth-order valence-corrected chi connectivity index (χ4v) is 1.81. The summed E-state index contributed by atoms with van der Waals surface area (Å²) in [5.74, 6) is 5.84. The predicted molar refractivity (Wildman–Crippen MR) is 80.2 cm³/mol. The first-order chi connectivity index (χ1) is 9.76. The molecule has 20 heavy (non-hydrogen) atoms. The Morgan fingerprint density at radius 3 is 2.90 bits per heavy atom. The zero-order valence-corrected chi connectivity index (χ0v) is 12.0. The van der Waals surface area contributed by atoms with Gasteiger partial charge in [-0.25, -0.2) is 4.98 Å². The molecule has 4 heteroatoms. The van der Waals surface area contributed by atoms with Gasteiger partial charge in [-0.2, -0.15) is 0 Å². The van der Waals surface area contributed by atoms with Gasteiger partial charge in [-0.15, -0.1) is 0 Å². The molecule has 0 aliphatic rings. The molecule has 0 saturated carbocycles. The van der Waals surface area contributed by atoms with E-state index in [0.717, 1.165) is 18.4 Å². The highest BCUT2D eigenvalue weighted by Crippen LogP contribution is 2.09. The van der Waals surface area contributed by atoms with Crippen LogP contribution >= 0.6 is 0 Å². The molecule has 0 saturated heterocycles. The normalized spacial score (nSPS) is 9.70. The highest BCUT2D eigenvalue weighted by Gasteiger charge is 2.03. The molecule has 1 amide bonds. The number of aromatic nitrogens is 1. The summed E-state index contributed by atoms with van der Waals surface area (Å²) in [6.07, 6.45) is 7.75. The zero-order valence-electron chi connectivity index (χ0n) is 12.0. The summed E-state index contributed by atoms with van der Waals surface area (Å²) in [6, 6.07) is 3.45. The van der Waals surface area contributed by atoms with Gasteiger partial charge in [0.15, 0.2) is 0 Å². The van der Waals surface area contributed by atoms with Gasteiger partial charge in [0.1, 0.15) is 12.4 Å². The van der Waals surface area contributed by atoms with E-state index in [0.29, 0.717) is 12.2 Å². The van der Waals surface area contributed by atoms with Crippen LogP contribution in [0.5, 0.6) is 0 Å². The van der Waals surface area contributed by atoms with Gasteiger partial charge in [-0.3, -0.25) is 4.79 Å². The van der Waals surface area contributed by atoms with Gasteiger partial charge in [0.05, 0.1) is 0 Å². The van der Waals surface area contributed by atoms with Crippen molar-refractivity contribution in [2.45, 2.75) is 45.4 Å². The fraction of sp³-hybridized carbons (Fsp3) is 0.500. The molecule has 0 aromatic carbocycles. The molecule has 0 aliphatic carbocycles. The Labute approximate surface area is 120 Å². The number of aliphatic hydroxyl groups is 1. The molecule has 1 heterocycles. The van der Waals surface area contributed by atoms with Crippen LogP contribution in [0.4, 0.5) is 5.82 Å². The number of amides is 1. The molecule has 0 fully saturated rings. The fourth-order valence-electron chi connectivity index (χ4n) is 1.81. The van der Waals surface area contributed by atoms with E-state index in [-0.39, 0.29) is 12.5 Å². The second-order valence-corrected chi connectivity index (χ2v) is 4.60. The first-order valence-corrected chi connectivity index (χ1v) is 7.12. The van der Waals surface area contributed by atoms with Crippen molar-refractivity contribution in [3.05, 3.63) is 23.9 Å². The Balaban J connectivity index is 2.38. The Kier molecular flexibility index (Phi) is 8.09.